The number of halogens is 2. The molecule has 1 aromatic carbocycles. The zero-order valence-corrected chi connectivity index (χ0v) is 14.4. The number of benzene rings is 1. The molecule has 0 aliphatic heterocycles. The van der Waals surface area contributed by atoms with Crippen molar-refractivity contribution in [1.29, 1.82) is 0 Å². The molecule has 0 saturated carbocycles. The van der Waals surface area contributed by atoms with Gasteiger partial charge in [-0.05, 0) is 25.0 Å². The molecule has 0 atom stereocenters. The topological polar surface area (TPSA) is 0 Å². The van der Waals surface area contributed by atoms with Gasteiger partial charge in [0.15, 0.2) is 0 Å². The molecule has 83 valence electrons. The fourth-order valence-corrected chi connectivity index (χ4v) is 1.73. The first kappa shape index (κ1) is 14.2. The van der Waals surface area contributed by atoms with Gasteiger partial charge in [0.05, 0.1) is 0 Å². The van der Waals surface area contributed by atoms with E-state index in [1.807, 2.05) is 0 Å². The molecular formula is C13H13Cl2Hf. The van der Waals surface area contributed by atoms with Crippen molar-refractivity contribution in [2.24, 2.45) is 0 Å². The zero-order chi connectivity index (χ0) is 12.0. The molecule has 0 spiro atoms. The van der Waals surface area contributed by atoms with Crippen molar-refractivity contribution < 1.29 is 20.5 Å². The molecule has 1 aliphatic carbocycles. The molecule has 0 fully saturated rings. The Balaban J connectivity index is 0.000000386. The summed E-state index contributed by atoms with van der Waals surface area (Å²) in [6, 6.07) is 10.5. The van der Waals surface area contributed by atoms with Gasteiger partial charge in [0.1, 0.15) is 0 Å². The van der Waals surface area contributed by atoms with Gasteiger partial charge < -0.3 is 0 Å². The van der Waals surface area contributed by atoms with Crippen LogP contribution in [0.15, 0.2) is 47.6 Å². The standard InChI is InChI=1S/C13H13.2ClH.Hf/c1-10-8-11(2)13(9-10)12-6-4-3-5-7-12;;;/h3-9H,1-2H3;2*1H;/q;;;+2/p-2. The Morgan fingerprint density at radius 2 is 1.56 bits per heavy atom. The van der Waals surface area contributed by atoms with Gasteiger partial charge in [0.2, 0.25) is 0 Å². The van der Waals surface area contributed by atoms with E-state index in [1.54, 1.807) is 0 Å². The summed E-state index contributed by atoms with van der Waals surface area (Å²) in [6.45, 7) is 4.30. The van der Waals surface area contributed by atoms with Crippen LogP contribution in [-0.4, -0.2) is 0 Å². The Bertz CT molecular complexity index is 394. The van der Waals surface area contributed by atoms with Crippen molar-refractivity contribution in [3.63, 3.8) is 0 Å². The van der Waals surface area contributed by atoms with E-state index in [4.69, 9.17) is 17.2 Å². The molecule has 0 nitrogen and oxygen atoms in total. The second kappa shape index (κ2) is 7.47. The molecule has 1 radical (unpaired) electrons. The zero-order valence-electron chi connectivity index (χ0n) is 9.30. The van der Waals surface area contributed by atoms with E-state index < -0.39 is 20.5 Å². The normalized spacial score (nSPS) is 14.1. The van der Waals surface area contributed by atoms with Gasteiger partial charge in [-0.2, -0.15) is 0 Å². The predicted molar refractivity (Wildman–Crippen MR) is 68.8 cm³/mol. The molecule has 1 aliphatic rings. The van der Waals surface area contributed by atoms with Gasteiger partial charge in [-0.1, -0.05) is 47.6 Å². The van der Waals surface area contributed by atoms with Crippen molar-refractivity contribution in [3.8, 4) is 0 Å². The summed E-state index contributed by atoms with van der Waals surface area (Å²) in [6.07, 6.45) is 4.47. The van der Waals surface area contributed by atoms with Gasteiger partial charge in [0, 0.05) is 6.42 Å². The van der Waals surface area contributed by atoms with Gasteiger partial charge in [0.25, 0.3) is 0 Å². The minimum absolute atomic E-state index is 0.972. The summed E-state index contributed by atoms with van der Waals surface area (Å²) in [4.78, 5) is 0. The molecule has 0 saturated heterocycles. The Morgan fingerprint density at radius 3 is 2.00 bits per heavy atom. The quantitative estimate of drug-likeness (QED) is 0.563. The maximum atomic E-state index is 4.96. The maximum absolute atomic E-state index is 4.96. The number of hydrogen-bond donors (Lipinski definition) is 0. The van der Waals surface area contributed by atoms with Crippen LogP contribution in [0.5, 0.6) is 0 Å². The van der Waals surface area contributed by atoms with Gasteiger partial charge in [-0.25, -0.2) is 0 Å². The second-order valence-electron chi connectivity index (χ2n) is 3.57. The molecule has 0 amide bonds. The van der Waals surface area contributed by atoms with Crippen LogP contribution >= 0.6 is 17.2 Å². The first-order chi connectivity index (χ1) is 7.69. The molecule has 0 bridgehead atoms. The van der Waals surface area contributed by atoms with Crippen LogP contribution in [0.3, 0.4) is 0 Å². The number of rotatable bonds is 1. The summed E-state index contributed by atoms with van der Waals surface area (Å²) in [5, 5.41) is 0. The van der Waals surface area contributed by atoms with Crippen LogP contribution < -0.4 is 0 Å². The van der Waals surface area contributed by atoms with Crippen molar-refractivity contribution >= 4 is 22.7 Å². The van der Waals surface area contributed by atoms with Crippen molar-refractivity contribution in [2.45, 2.75) is 13.8 Å². The molecule has 16 heavy (non-hydrogen) atoms. The predicted octanol–water partition coefficient (Wildman–Crippen LogP) is 5.00. The molecule has 3 heteroatoms. The Labute approximate surface area is 116 Å². The van der Waals surface area contributed by atoms with Crippen molar-refractivity contribution in [2.75, 3.05) is 0 Å². The van der Waals surface area contributed by atoms with Crippen molar-refractivity contribution in [3.05, 3.63) is 59.5 Å². The van der Waals surface area contributed by atoms with Crippen molar-refractivity contribution in [1.82, 2.24) is 0 Å². The van der Waals surface area contributed by atoms with Gasteiger partial charge in [-0.3, -0.25) is 0 Å². The summed E-state index contributed by atoms with van der Waals surface area (Å²) in [5.74, 6) is 0. The first-order valence-electron chi connectivity index (χ1n) is 4.94. The monoisotopic (exact) mass is 419 g/mol. The average Bonchev–Trinajstić information content (AvgIpc) is 2.60. The summed E-state index contributed by atoms with van der Waals surface area (Å²) in [7, 11) is 9.92. The van der Waals surface area contributed by atoms with E-state index in [1.165, 1.54) is 22.3 Å². The Hall–Kier alpha value is 0.150. The van der Waals surface area contributed by atoms with E-state index in [-0.39, 0.29) is 0 Å². The molecule has 0 aromatic heterocycles. The third kappa shape index (κ3) is 4.20. The van der Waals surface area contributed by atoms with Crippen LogP contribution in [0.1, 0.15) is 19.4 Å². The first-order valence-corrected chi connectivity index (χ1v) is 13.8. The van der Waals surface area contributed by atoms with E-state index in [9.17, 15) is 0 Å². The molecule has 2 rings (SSSR count). The van der Waals surface area contributed by atoms with Crippen LogP contribution in [0.25, 0.3) is 5.57 Å². The SMILES string of the molecule is CC1=CC(c2ccccc2)=C(C)[CH]1.[Cl][Hf][Cl]. The van der Waals surface area contributed by atoms with E-state index in [0.717, 1.165) is 0 Å². The molecule has 0 unspecified atom stereocenters. The van der Waals surface area contributed by atoms with Crippen LogP contribution in [-0.2, 0) is 20.5 Å². The fourth-order valence-electron chi connectivity index (χ4n) is 1.73. The number of allylic oxidation sites excluding steroid dienone is 4. The second-order valence-corrected chi connectivity index (χ2v) is 8.76. The molecule has 0 N–H and O–H groups in total. The third-order valence-electron chi connectivity index (χ3n) is 2.33. The third-order valence-corrected chi connectivity index (χ3v) is 2.33. The summed E-state index contributed by atoms with van der Waals surface area (Å²) in [5.41, 5.74) is 5.38. The molecule has 0 heterocycles. The van der Waals surface area contributed by atoms with E-state index in [0.29, 0.717) is 0 Å². The van der Waals surface area contributed by atoms with Gasteiger partial charge >= 0.3 is 37.7 Å². The van der Waals surface area contributed by atoms with E-state index in [2.05, 4.69) is 56.7 Å². The van der Waals surface area contributed by atoms with Crippen LogP contribution in [0.4, 0.5) is 0 Å². The van der Waals surface area contributed by atoms with Crippen LogP contribution in [0, 0.1) is 6.42 Å². The summed E-state index contributed by atoms with van der Waals surface area (Å²) >= 11 is -0.972. The summed E-state index contributed by atoms with van der Waals surface area (Å²) < 4.78 is 0. The van der Waals surface area contributed by atoms with Gasteiger partial charge in [-0.15, -0.1) is 0 Å². The molecular weight excluding hydrogens is 406 g/mol. The number of hydrogen-bond acceptors (Lipinski definition) is 0. The Morgan fingerprint density at radius 1 is 1.00 bits per heavy atom. The Kier molecular flexibility index (Phi) is 6.64. The van der Waals surface area contributed by atoms with E-state index >= 15 is 0 Å². The molecule has 1 aromatic rings. The minimum atomic E-state index is -0.972. The van der Waals surface area contributed by atoms with Crippen LogP contribution in [0.2, 0.25) is 0 Å². The average molecular weight is 419 g/mol. The fraction of sp³-hybridized carbons (Fsp3) is 0.154.